The third kappa shape index (κ3) is 5.33. The first-order chi connectivity index (χ1) is 10.4. The maximum Gasteiger partial charge on any atom is 0.317 e. The smallest absolute Gasteiger partial charge is 0.317 e. The molecule has 0 bridgehead atoms. The molecule has 0 spiro atoms. The predicted molar refractivity (Wildman–Crippen MR) is 90.2 cm³/mol. The number of aromatic amines is 1. The van der Waals surface area contributed by atoms with E-state index in [0.717, 1.165) is 37.2 Å². The third-order valence-electron chi connectivity index (χ3n) is 4.24. The predicted octanol–water partition coefficient (Wildman–Crippen LogP) is 1.94. The summed E-state index contributed by atoms with van der Waals surface area (Å²) >= 11 is 0. The number of aryl methyl sites for hydroxylation is 2. The number of hydrogen-bond donors (Lipinski definition) is 2. The van der Waals surface area contributed by atoms with Crippen LogP contribution in [0.3, 0.4) is 0 Å². The molecule has 126 valence electrons. The van der Waals surface area contributed by atoms with E-state index in [1.807, 2.05) is 35.0 Å². The number of urea groups is 1. The average molecular weight is 309 g/mol. The Morgan fingerprint density at radius 2 is 2.00 bits per heavy atom. The van der Waals surface area contributed by atoms with Crippen molar-refractivity contribution in [1.82, 2.24) is 25.3 Å². The van der Waals surface area contributed by atoms with Crippen LogP contribution in [0.15, 0.2) is 0 Å². The van der Waals surface area contributed by atoms with Crippen molar-refractivity contribution in [2.45, 2.75) is 46.1 Å². The first-order valence-corrected chi connectivity index (χ1v) is 8.02. The largest absolute Gasteiger partial charge is 0.336 e. The molecule has 0 unspecified atom stereocenters. The first kappa shape index (κ1) is 18.5. The standard InChI is InChI=1S/C16H31N5O/c1-7-14(20(4)5)11-17-16(22)21(6)10-8-9-15-12(2)18-19-13(15)3/h14H,7-11H2,1-6H3,(H,17,22)(H,18,19)/t14-/m0/s1. The highest BCUT2D eigenvalue weighted by Crippen LogP contribution is 2.11. The molecule has 2 amide bonds. The van der Waals surface area contributed by atoms with Crippen molar-refractivity contribution in [3.8, 4) is 0 Å². The number of H-pyrrole nitrogens is 1. The van der Waals surface area contributed by atoms with E-state index in [4.69, 9.17) is 0 Å². The Labute approximate surface area is 134 Å². The van der Waals surface area contributed by atoms with Crippen molar-refractivity contribution in [2.75, 3.05) is 34.2 Å². The number of nitrogens with zero attached hydrogens (tertiary/aromatic N) is 3. The number of likely N-dealkylation sites (N-methyl/N-ethyl adjacent to an activating group) is 1. The van der Waals surface area contributed by atoms with Crippen LogP contribution in [-0.2, 0) is 6.42 Å². The molecule has 0 saturated heterocycles. The molecule has 2 N–H and O–H groups in total. The second kappa shape index (κ2) is 8.78. The summed E-state index contributed by atoms with van der Waals surface area (Å²) < 4.78 is 0. The van der Waals surface area contributed by atoms with E-state index < -0.39 is 0 Å². The summed E-state index contributed by atoms with van der Waals surface area (Å²) in [5, 5.41) is 10.2. The molecule has 1 rings (SSSR count). The Balaban J connectivity index is 2.32. The maximum atomic E-state index is 12.1. The molecule has 0 aromatic carbocycles. The van der Waals surface area contributed by atoms with E-state index >= 15 is 0 Å². The zero-order valence-corrected chi connectivity index (χ0v) is 14.9. The number of amides is 2. The zero-order valence-electron chi connectivity index (χ0n) is 14.9. The van der Waals surface area contributed by atoms with Crippen LogP contribution in [0.5, 0.6) is 0 Å². The van der Waals surface area contributed by atoms with Gasteiger partial charge in [0.2, 0.25) is 0 Å². The highest BCUT2D eigenvalue weighted by atomic mass is 16.2. The Bertz CT molecular complexity index is 450. The van der Waals surface area contributed by atoms with Gasteiger partial charge in [0.15, 0.2) is 0 Å². The zero-order chi connectivity index (χ0) is 16.7. The average Bonchev–Trinajstić information content (AvgIpc) is 2.78. The van der Waals surface area contributed by atoms with Crippen LogP contribution >= 0.6 is 0 Å². The minimum atomic E-state index is 0.000868. The fourth-order valence-corrected chi connectivity index (χ4v) is 2.57. The van der Waals surface area contributed by atoms with Gasteiger partial charge in [0.25, 0.3) is 0 Å². The van der Waals surface area contributed by atoms with Gasteiger partial charge in [-0.3, -0.25) is 5.10 Å². The SMILES string of the molecule is CC[C@@H](CNC(=O)N(C)CCCc1c(C)n[nH]c1C)N(C)C. The summed E-state index contributed by atoms with van der Waals surface area (Å²) in [6.45, 7) is 7.62. The van der Waals surface area contributed by atoms with Crippen molar-refractivity contribution < 1.29 is 4.79 Å². The van der Waals surface area contributed by atoms with Crippen LogP contribution < -0.4 is 5.32 Å². The Morgan fingerprint density at radius 1 is 1.32 bits per heavy atom. The molecule has 6 nitrogen and oxygen atoms in total. The van der Waals surface area contributed by atoms with Crippen LogP contribution in [0.4, 0.5) is 4.79 Å². The van der Waals surface area contributed by atoms with Crippen LogP contribution in [0.25, 0.3) is 0 Å². The van der Waals surface area contributed by atoms with E-state index in [-0.39, 0.29) is 6.03 Å². The molecular formula is C16H31N5O. The van der Waals surface area contributed by atoms with E-state index in [1.54, 1.807) is 4.90 Å². The van der Waals surface area contributed by atoms with Crippen LogP contribution in [-0.4, -0.2) is 66.3 Å². The second-order valence-electron chi connectivity index (χ2n) is 6.15. The minimum absolute atomic E-state index is 0.000868. The molecule has 0 aliphatic heterocycles. The number of rotatable bonds is 8. The molecular weight excluding hydrogens is 278 g/mol. The highest BCUT2D eigenvalue weighted by molar-refractivity contribution is 5.73. The van der Waals surface area contributed by atoms with E-state index in [9.17, 15) is 4.79 Å². The summed E-state index contributed by atoms with van der Waals surface area (Å²) in [6.07, 6.45) is 2.91. The topological polar surface area (TPSA) is 64.3 Å². The highest BCUT2D eigenvalue weighted by Gasteiger charge is 2.13. The van der Waals surface area contributed by atoms with Gasteiger partial charge in [-0.1, -0.05) is 6.92 Å². The third-order valence-corrected chi connectivity index (χ3v) is 4.24. The van der Waals surface area contributed by atoms with Crippen LogP contribution in [0.1, 0.15) is 36.7 Å². The molecule has 0 aliphatic carbocycles. The fourth-order valence-electron chi connectivity index (χ4n) is 2.57. The van der Waals surface area contributed by atoms with E-state index in [1.165, 1.54) is 5.56 Å². The molecule has 22 heavy (non-hydrogen) atoms. The van der Waals surface area contributed by atoms with Crippen LogP contribution in [0.2, 0.25) is 0 Å². The molecule has 1 aromatic rings. The van der Waals surface area contributed by atoms with E-state index in [0.29, 0.717) is 12.6 Å². The Morgan fingerprint density at radius 3 is 2.50 bits per heavy atom. The summed E-state index contributed by atoms with van der Waals surface area (Å²) in [7, 11) is 5.93. The lowest BCUT2D eigenvalue weighted by molar-refractivity contribution is 0.201. The summed E-state index contributed by atoms with van der Waals surface area (Å²) in [4.78, 5) is 16.0. The van der Waals surface area contributed by atoms with Gasteiger partial charge < -0.3 is 15.1 Å². The molecule has 0 saturated carbocycles. The van der Waals surface area contributed by atoms with Crippen molar-refractivity contribution in [2.24, 2.45) is 0 Å². The van der Waals surface area contributed by atoms with Gasteiger partial charge in [-0.25, -0.2) is 4.79 Å². The van der Waals surface area contributed by atoms with Gasteiger partial charge in [0, 0.05) is 31.9 Å². The quantitative estimate of drug-likeness (QED) is 0.771. The van der Waals surface area contributed by atoms with Gasteiger partial charge in [-0.2, -0.15) is 5.10 Å². The maximum absolute atomic E-state index is 12.1. The van der Waals surface area contributed by atoms with Gasteiger partial charge in [0.05, 0.1) is 5.69 Å². The summed E-state index contributed by atoms with van der Waals surface area (Å²) in [6, 6.07) is 0.384. The van der Waals surface area contributed by atoms with Crippen molar-refractivity contribution >= 4 is 6.03 Å². The van der Waals surface area contributed by atoms with Crippen molar-refractivity contribution in [1.29, 1.82) is 0 Å². The number of carbonyl (C=O) groups is 1. The Kier molecular flexibility index (Phi) is 7.38. The Hall–Kier alpha value is -1.56. The lowest BCUT2D eigenvalue weighted by atomic mass is 10.1. The molecule has 0 fully saturated rings. The summed E-state index contributed by atoms with van der Waals surface area (Å²) in [5.41, 5.74) is 3.45. The lowest BCUT2D eigenvalue weighted by Crippen LogP contribution is -2.44. The number of nitrogens with one attached hydrogen (secondary N) is 2. The second-order valence-corrected chi connectivity index (χ2v) is 6.15. The van der Waals surface area contributed by atoms with Gasteiger partial charge in [-0.05, 0) is 52.8 Å². The number of carbonyl (C=O) groups excluding carboxylic acids is 1. The van der Waals surface area contributed by atoms with Crippen molar-refractivity contribution in [3.05, 3.63) is 17.0 Å². The van der Waals surface area contributed by atoms with Crippen LogP contribution in [0, 0.1) is 13.8 Å². The van der Waals surface area contributed by atoms with Gasteiger partial charge in [-0.15, -0.1) is 0 Å². The minimum Gasteiger partial charge on any atom is -0.336 e. The summed E-state index contributed by atoms with van der Waals surface area (Å²) in [5.74, 6) is 0. The van der Waals surface area contributed by atoms with E-state index in [2.05, 4.69) is 27.3 Å². The van der Waals surface area contributed by atoms with Crippen molar-refractivity contribution in [3.63, 3.8) is 0 Å². The fraction of sp³-hybridized carbons (Fsp3) is 0.750. The molecule has 0 aliphatic rings. The molecule has 6 heteroatoms. The molecule has 1 heterocycles. The molecule has 1 atom stereocenters. The lowest BCUT2D eigenvalue weighted by Gasteiger charge is -2.25. The van der Waals surface area contributed by atoms with Gasteiger partial charge in [0.1, 0.15) is 0 Å². The molecule has 1 aromatic heterocycles. The monoisotopic (exact) mass is 309 g/mol. The number of aromatic nitrogens is 2. The first-order valence-electron chi connectivity index (χ1n) is 8.02. The normalized spacial score (nSPS) is 12.5. The van der Waals surface area contributed by atoms with Gasteiger partial charge >= 0.3 is 6.03 Å². The molecule has 0 radical (unpaired) electrons. The number of hydrogen-bond acceptors (Lipinski definition) is 3.